The summed E-state index contributed by atoms with van der Waals surface area (Å²) >= 11 is 0. The fourth-order valence-electron chi connectivity index (χ4n) is 4.21. The van der Waals surface area contributed by atoms with Gasteiger partial charge in [-0.15, -0.1) is 0 Å². The SMILES string of the molecule is CC(C)(C)C1CCC(NC(=O)C2=NCCC=C2NC(=O)c2ccc(OC(F)F)cc2)CC1. The van der Waals surface area contributed by atoms with Crippen LogP contribution in [0.1, 0.15) is 63.2 Å². The van der Waals surface area contributed by atoms with Crippen LogP contribution in [0, 0.1) is 11.3 Å². The van der Waals surface area contributed by atoms with E-state index < -0.39 is 12.5 Å². The van der Waals surface area contributed by atoms with Crippen LogP contribution in [0.2, 0.25) is 0 Å². The fraction of sp³-hybridized carbons (Fsp3) is 0.542. The van der Waals surface area contributed by atoms with Crippen LogP contribution >= 0.6 is 0 Å². The van der Waals surface area contributed by atoms with Crippen LogP contribution in [0.5, 0.6) is 5.75 Å². The van der Waals surface area contributed by atoms with E-state index >= 15 is 0 Å². The van der Waals surface area contributed by atoms with Crippen LogP contribution in [-0.4, -0.2) is 36.7 Å². The van der Waals surface area contributed by atoms with E-state index in [0.717, 1.165) is 25.7 Å². The summed E-state index contributed by atoms with van der Waals surface area (Å²) in [4.78, 5) is 29.8. The first kappa shape index (κ1) is 23.9. The zero-order valence-electron chi connectivity index (χ0n) is 18.8. The Morgan fingerprint density at radius 3 is 2.31 bits per heavy atom. The normalized spacial score (nSPS) is 21.4. The predicted molar refractivity (Wildman–Crippen MR) is 119 cm³/mol. The van der Waals surface area contributed by atoms with Crippen molar-refractivity contribution in [2.24, 2.45) is 16.3 Å². The molecule has 1 heterocycles. The van der Waals surface area contributed by atoms with Crippen molar-refractivity contribution in [3.05, 3.63) is 41.6 Å². The van der Waals surface area contributed by atoms with Crippen LogP contribution in [0.3, 0.4) is 0 Å². The van der Waals surface area contributed by atoms with Gasteiger partial charge in [0.25, 0.3) is 11.8 Å². The van der Waals surface area contributed by atoms with Gasteiger partial charge in [-0.25, -0.2) is 0 Å². The summed E-state index contributed by atoms with van der Waals surface area (Å²) in [5.41, 5.74) is 1.13. The second-order valence-electron chi connectivity index (χ2n) is 9.38. The van der Waals surface area contributed by atoms with Gasteiger partial charge in [0.15, 0.2) is 0 Å². The van der Waals surface area contributed by atoms with Crippen molar-refractivity contribution in [3.8, 4) is 5.75 Å². The quantitative estimate of drug-likeness (QED) is 0.675. The van der Waals surface area contributed by atoms with Gasteiger partial charge >= 0.3 is 6.61 Å². The molecule has 1 aliphatic carbocycles. The number of hydrogen-bond acceptors (Lipinski definition) is 4. The van der Waals surface area contributed by atoms with Crippen molar-refractivity contribution in [3.63, 3.8) is 0 Å². The second kappa shape index (κ2) is 10.2. The highest BCUT2D eigenvalue weighted by Gasteiger charge is 2.31. The van der Waals surface area contributed by atoms with E-state index in [0.29, 0.717) is 24.6 Å². The summed E-state index contributed by atoms with van der Waals surface area (Å²) in [6, 6.07) is 5.48. The van der Waals surface area contributed by atoms with Gasteiger partial charge in [0, 0.05) is 18.2 Å². The summed E-state index contributed by atoms with van der Waals surface area (Å²) in [7, 11) is 0. The van der Waals surface area contributed by atoms with Crippen LogP contribution in [0.4, 0.5) is 8.78 Å². The average Bonchev–Trinajstić information content (AvgIpc) is 2.74. The van der Waals surface area contributed by atoms with E-state index in [2.05, 4.69) is 41.1 Å². The molecule has 1 aromatic carbocycles. The predicted octanol–water partition coefficient (Wildman–Crippen LogP) is 4.47. The maximum absolute atomic E-state index is 12.9. The zero-order valence-corrected chi connectivity index (χ0v) is 18.8. The minimum atomic E-state index is -2.93. The largest absolute Gasteiger partial charge is 0.435 e. The average molecular weight is 448 g/mol. The summed E-state index contributed by atoms with van der Waals surface area (Å²) in [6.45, 7) is 4.33. The molecule has 0 atom stereocenters. The van der Waals surface area contributed by atoms with Crippen molar-refractivity contribution < 1.29 is 23.1 Å². The Bertz CT molecular complexity index is 881. The fourth-order valence-corrected chi connectivity index (χ4v) is 4.21. The molecule has 1 aromatic rings. The zero-order chi connectivity index (χ0) is 23.3. The van der Waals surface area contributed by atoms with E-state index in [4.69, 9.17) is 0 Å². The van der Waals surface area contributed by atoms with Crippen molar-refractivity contribution in [2.45, 2.75) is 65.5 Å². The Kier molecular flexibility index (Phi) is 7.64. The summed E-state index contributed by atoms with van der Waals surface area (Å²) < 4.78 is 28.9. The van der Waals surface area contributed by atoms with Crippen LogP contribution in [-0.2, 0) is 4.79 Å². The van der Waals surface area contributed by atoms with Gasteiger partial charge in [-0.05, 0) is 67.7 Å². The molecule has 1 saturated carbocycles. The minimum Gasteiger partial charge on any atom is -0.435 e. The third-order valence-electron chi connectivity index (χ3n) is 6.09. The highest BCUT2D eigenvalue weighted by molar-refractivity contribution is 6.45. The number of dihydropyridines is 1. The number of halogens is 2. The molecule has 174 valence electrons. The highest BCUT2D eigenvalue weighted by Crippen LogP contribution is 2.37. The number of carbonyl (C=O) groups excluding carboxylic acids is 2. The summed E-state index contributed by atoms with van der Waals surface area (Å²) in [6.07, 6.45) is 6.41. The Labute approximate surface area is 187 Å². The van der Waals surface area contributed by atoms with Crippen LogP contribution < -0.4 is 15.4 Å². The summed E-state index contributed by atoms with van der Waals surface area (Å²) in [5, 5.41) is 5.81. The number of benzene rings is 1. The molecular formula is C24H31F2N3O3. The molecule has 1 aliphatic heterocycles. The monoisotopic (exact) mass is 447 g/mol. The smallest absolute Gasteiger partial charge is 0.387 e. The van der Waals surface area contributed by atoms with Gasteiger partial charge < -0.3 is 15.4 Å². The van der Waals surface area contributed by atoms with Crippen molar-refractivity contribution >= 4 is 17.5 Å². The van der Waals surface area contributed by atoms with Gasteiger partial charge in [0.05, 0.1) is 5.70 Å². The van der Waals surface area contributed by atoms with Crippen molar-refractivity contribution in [2.75, 3.05) is 6.54 Å². The first-order chi connectivity index (χ1) is 15.1. The maximum atomic E-state index is 12.9. The Hall–Kier alpha value is -2.77. The number of aliphatic imine (C=N–C) groups is 1. The van der Waals surface area contributed by atoms with Crippen molar-refractivity contribution in [1.82, 2.24) is 10.6 Å². The first-order valence-electron chi connectivity index (χ1n) is 11.1. The second-order valence-corrected chi connectivity index (χ2v) is 9.38. The standard InChI is InChI=1S/C24H31F2N3O3/c1-24(2,3)16-8-10-17(11-9-16)28-22(31)20-19(5-4-14-27-20)29-21(30)15-6-12-18(13-7-15)32-23(25)26/h5-7,12-13,16-17,23H,4,8-11,14H2,1-3H3,(H,28,31)(H,29,30). The number of carbonyl (C=O) groups is 2. The molecule has 0 bridgehead atoms. The van der Waals surface area contributed by atoms with Gasteiger partial charge in [0.1, 0.15) is 11.5 Å². The number of ether oxygens (including phenoxy) is 1. The Balaban J connectivity index is 1.58. The lowest BCUT2D eigenvalue weighted by atomic mass is 9.71. The van der Waals surface area contributed by atoms with Gasteiger partial charge in [-0.1, -0.05) is 26.8 Å². The molecule has 2 aliphatic rings. The third kappa shape index (κ3) is 6.37. The molecule has 0 spiro atoms. The Morgan fingerprint density at radius 2 is 1.72 bits per heavy atom. The van der Waals surface area contributed by atoms with E-state index in [9.17, 15) is 18.4 Å². The number of nitrogens with zero attached hydrogens (tertiary/aromatic N) is 1. The lowest BCUT2D eigenvalue weighted by Crippen LogP contribution is -2.45. The molecule has 0 unspecified atom stereocenters. The van der Waals surface area contributed by atoms with E-state index in [-0.39, 0.29) is 34.4 Å². The molecular weight excluding hydrogens is 416 g/mol. The maximum Gasteiger partial charge on any atom is 0.387 e. The van der Waals surface area contributed by atoms with E-state index in [1.165, 1.54) is 24.3 Å². The topological polar surface area (TPSA) is 79.8 Å². The molecule has 3 rings (SSSR count). The lowest BCUT2D eigenvalue weighted by Gasteiger charge is -2.37. The molecule has 2 amide bonds. The number of hydrogen-bond donors (Lipinski definition) is 2. The number of nitrogens with one attached hydrogen (secondary N) is 2. The van der Waals surface area contributed by atoms with Gasteiger partial charge in [0.2, 0.25) is 0 Å². The first-order valence-corrected chi connectivity index (χ1v) is 11.1. The van der Waals surface area contributed by atoms with E-state index in [1.54, 1.807) is 6.08 Å². The molecule has 1 fully saturated rings. The van der Waals surface area contributed by atoms with Crippen LogP contribution in [0.25, 0.3) is 0 Å². The molecule has 0 radical (unpaired) electrons. The molecule has 6 nitrogen and oxygen atoms in total. The lowest BCUT2D eigenvalue weighted by molar-refractivity contribution is -0.115. The minimum absolute atomic E-state index is 0.0313. The summed E-state index contributed by atoms with van der Waals surface area (Å²) in [5.74, 6) is -0.116. The van der Waals surface area contributed by atoms with Gasteiger partial charge in [-0.3, -0.25) is 14.6 Å². The van der Waals surface area contributed by atoms with Gasteiger partial charge in [-0.2, -0.15) is 8.78 Å². The Morgan fingerprint density at radius 1 is 1.06 bits per heavy atom. The third-order valence-corrected chi connectivity index (χ3v) is 6.09. The van der Waals surface area contributed by atoms with Crippen molar-refractivity contribution in [1.29, 1.82) is 0 Å². The number of amides is 2. The molecule has 2 N–H and O–H groups in total. The van der Waals surface area contributed by atoms with E-state index in [1.807, 2.05) is 0 Å². The number of alkyl halides is 2. The molecule has 8 heteroatoms. The molecule has 32 heavy (non-hydrogen) atoms. The molecule has 0 saturated heterocycles. The highest BCUT2D eigenvalue weighted by atomic mass is 19.3. The molecule has 0 aromatic heterocycles. The number of rotatable bonds is 6. The van der Waals surface area contributed by atoms with Crippen LogP contribution in [0.15, 0.2) is 41.0 Å².